The fourth-order valence-electron chi connectivity index (χ4n) is 1.39. The summed E-state index contributed by atoms with van der Waals surface area (Å²) in [7, 11) is 0. The Morgan fingerprint density at radius 3 is 2.75 bits per heavy atom. The van der Waals surface area contributed by atoms with Crippen LogP contribution in [0.2, 0.25) is 0 Å². The van der Waals surface area contributed by atoms with Gasteiger partial charge in [-0.05, 0) is 23.8 Å². The smallest absolute Gasteiger partial charge is 0.166 e. The Bertz CT molecular complexity index is 573. The van der Waals surface area contributed by atoms with Crippen molar-refractivity contribution in [2.45, 2.75) is 0 Å². The van der Waals surface area contributed by atoms with Gasteiger partial charge >= 0.3 is 0 Å². The Hall–Kier alpha value is -2.28. The Labute approximate surface area is 90.8 Å². The first-order chi connectivity index (χ1) is 7.72. The third kappa shape index (κ3) is 1.75. The predicted molar refractivity (Wildman–Crippen MR) is 54.3 cm³/mol. The summed E-state index contributed by atoms with van der Waals surface area (Å²) in [6.07, 6.45) is 1.39. The van der Waals surface area contributed by atoms with Crippen LogP contribution in [0.15, 0.2) is 36.5 Å². The molecular formula is C12H6F2N2. The van der Waals surface area contributed by atoms with Crippen molar-refractivity contribution in [1.82, 2.24) is 4.98 Å². The highest BCUT2D eigenvalue weighted by atomic mass is 19.2. The Balaban J connectivity index is 2.59. The van der Waals surface area contributed by atoms with Crippen molar-refractivity contribution < 1.29 is 8.78 Å². The zero-order valence-corrected chi connectivity index (χ0v) is 8.11. The van der Waals surface area contributed by atoms with Gasteiger partial charge in [0.2, 0.25) is 0 Å². The lowest BCUT2D eigenvalue weighted by molar-refractivity contribution is 0.511. The van der Waals surface area contributed by atoms with Gasteiger partial charge in [-0.3, -0.25) is 0 Å². The molecule has 0 saturated heterocycles. The van der Waals surface area contributed by atoms with E-state index in [1.165, 1.54) is 30.5 Å². The first-order valence-corrected chi connectivity index (χ1v) is 4.53. The molecule has 1 aromatic carbocycles. The van der Waals surface area contributed by atoms with Crippen LogP contribution in [0.4, 0.5) is 8.78 Å². The largest absolute Gasteiger partial charge is 0.246 e. The molecule has 0 bridgehead atoms. The summed E-state index contributed by atoms with van der Waals surface area (Å²) < 4.78 is 26.4. The van der Waals surface area contributed by atoms with Crippen molar-refractivity contribution in [3.63, 3.8) is 0 Å². The molecule has 78 valence electrons. The van der Waals surface area contributed by atoms with E-state index >= 15 is 0 Å². The SMILES string of the molecule is N#Cc1cc(-c2cccc(F)c2F)ccn1. The number of rotatable bonds is 1. The number of benzene rings is 1. The summed E-state index contributed by atoms with van der Waals surface area (Å²) in [4.78, 5) is 3.76. The average molecular weight is 216 g/mol. The molecule has 16 heavy (non-hydrogen) atoms. The second-order valence-electron chi connectivity index (χ2n) is 3.14. The zero-order valence-electron chi connectivity index (χ0n) is 8.11. The van der Waals surface area contributed by atoms with E-state index in [1.807, 2.05) is 6.07 Å². The van der Waals surface area contributed by atoms with Crippen LogP contribution < -0.4 is 0 Å². The van der Waals surface area contributed by atoms with E-state index in [1.54, 1.807) is 0 Å². The number of hydrogen-bond acceptors (Lipinski definition) is 2. The number of halogens is 2. The molecule has 1 heterocycles. The quantitative estimate of drug-likeness (QED) is 0.734. The molecule has 0 amide bonds. The van der Waals surface area contributed by atoms with Crippen LogP contribution in [-0.2, 0) is 0 Å². The molecule has 0 saturated carbocycles. The molecule has 0 fully saturated rings. The highest BCUT2D eigenvalue weighted by Crippen LogP contribution is 2.24. The molecule has 0 spiro atoms. The van der Waals surface area contributed by atoms with Gasteiger partial charge in [0.05, 0.1) is 0 Å². The van der Waals surface area contributed by atoms with Gasteiger partial charge in [-0.1, -0.05) is 12.1 Å². The summed E-state index contributed by atoms with van der Waals surface area (Å²) >= 11 is 0. The summed E-state index contributed by atoms with van der Waals surface area (Å²) in [5.41, 5.74) is 0.726. The molecule has 0 N–H and O–H groups in total. The normalized spacial score (nSPS) is 9.81. The van der Waals surface area contributed by atoms with Crippen molar-refractivity contribution in [1.29, 1.82) is 5.26 Å². The average Bonchev–Trinajstić information content (AvgIpc) is 2.33. The first kappa shape index (κ1) is 10.2. The van der Waals surface area contributed by atoms with Crippen LogP contribution in [0.1, 0.15) is 5.69 Å². The molecule has 2 nitrogen and oxygen atoms in total. The third-order valence-corrected chi connectivity index (χ3v) is 2.14. The molecule has 2 aromatic rings. The van der Waals surface area contributed by atoms with Crippen molar-refractivity contribution in [2.75, 3.05) is 0 Å². The Kier molecular flexibility index (Phi) is 2.61. The second kappa shape index (κ2) is 4.07. The van der Waals surface area contributed by atoms with E-state index in [4.69, 9.17) is 5.26 Å². The standard InChI is InChI=1S/C12H6F2N2/c13-11-3-1-2-10(12(11)14)8-4-5-16-9(6-8)7-15/h1-6H. The molecule has 1 aromatic heterocycles. The lowest BCUT2D eigenvalue weighted by atomic mass is 10.1. The van der Waals surface area contributed by atoms with Gasteiger partial charge in [0, 0.05) is 11.8 Å². The molecular weight excluding hydrogens is 210 g/mol. The third-order valence-electron chi connectivity index (χ3n) is 2.14. The number of nitriles is 1. The van der Waals surface area contributed by atoms with Crippen LogP contribution in [0.25, 0.3) is 11.1 Å². The summed E-state index contributed by atoms with van der Waals surface area (Å²) in [5, 5.41) is 8.65. The molecule has 0 unspecified atom stereocenters. The zero-order chi connectivity index (χ0) is 11.5. The lowest BCUT2D eigenvalue weighted by Gasteiger charge is -2.03. The minimum Gasteiger partial charge on any atom is -0.246 e. The summed E-state index contributed by atoms with van der Waals surface area (Å²) in [6, 6.07) is 8.70. The number of hydrogen-bond donors (Lipinski definition) is 0. The maximum atomic E-state index is 13.4. The maximum absolute atomic E-state index is 13.4. The number of pyridine rings is 1. The van der Waals surface area contributed by atoms with Gasteiger partial charge in [-0.15, -0.1) is 0 Å². The molecule has 4 heteroatoms. The minimum atomic E-state index is -0.919. The fourth-order valence-corrected chi connectivity index (χ4v) is 1.39. The molecule has 0 radical (unpaired) electrons. The van der Waals surface area contributed by atoms with Crippen LogP contribution in [0.3, 0.4) is 0 Å². The van der Waals surface area contributed by atoms with E-state index in [2.05, 4.69) is 4.98 Å². The minimum absolute atomic E-state index is 0.124. The van der Waals surface area contributed by atoms with Gasteiger partial charge in [0.25, 0.3) is 0 Å². The first-order valence-electron chi connectivity index (χ1n) is 4.53. The van der Waals surface area contributed by atoms with Gasteiger partial charge in [-0.25, -0.2) is 13.8 Å². The summed E-state index contributed by atoms with van der Waals surface area (Å²) in [6.45, 7) is 0. The van der Waals surface area contributed by atoms with Gasteiger partial charge in [0.15, 0.2) is 11.6 Å². The molecule has 2 rings (SSSR count). The molecule has 0 aliphatic carbocycles. The van der Waals surface area contributed by atoms with E-state index in [-0.39, 0.29) is 11.3 Å². The predicted octanol–water partition coefficient (Wildman–Crippen LogP) is 2.90. The molecule has 0 atom stereocenters. The Morgan fingerprint density at radius 1 is 1.19 bits per heavy atom. The lowest BCUT2D eigenvalue weighted by Crippen LogP contribution is -1.90. The molecule has 0 aliphatic heterocycles. The Morgan fingerprint density at radius 2 is 2.00 bits per heavy atom. The monoisotopic (exact) mass is 216 g/mol. The van der Waals surface area contributed by atoms with E-state index < -0.39 is 11.6 Å². The van der Waals surface area contributed by atoms with Gasteiger partial charge in [0.1, 0.15) is 11.8 Å². The van der Waals surface area contributed by atoms with Gasteiger partial charge in [-0.2, -0.15) is 5.26 Å². The van der Waals surface area contributed by atoms with Crippen molar-refractivity contribution >= 4 is 0 Å². The van der Waals surface area contributed by atoms with E-state index in [0.29, 0.717) is 5.56 Å². The highest BCUT2D eigenvalue weighted by molar-refractivity contribution is 5.64. The van der Waals surface area contributed by atoms with Crippen molar-refractivity contribution in [3.05, 3.63) is 53.9 Å². The van der Waals surface area contributed by atoms with E-state index in [0.717, 1.165) is 6.07 Å². The van der Waals surface area contributed by atoms with Crippen LogP contribution >= 0.6 is 0 Å². The van der Waals surface area contributed by atoms with Crippen LogP contribution in [0, 0.1) is 23.0 Å². The van der Waals surface area contributed by atoms with Crippen molar-refractivity contribution in [2.24, 2.45) is 0 Å². The highest BCUT2D eigenvalue weighted by Gasteiger charge is 2.09. The van der Waals surface area contributed by atoms with E-state index in [9.17, 15) is 8.78 Å². The van der Waals surface area contributed by atoms with Crippen LogP contribution in [-0.4, -0.2) is 4.98 Å². The fraction of sp³-hybridized carbons (Fsp3) is 0. The molecule has 0 aliphatic rings. The number of nitrogens with zero attached hydrogens (tertiary/aromatic N) is 2. The number of aromatic nitrogens is 1. The van der Waals surface area contributed by atoms with Crippen molar-refractivity contribution in [3.8, 4) is 17.2 Å². The van der Waals surface area contributed by atoms with Crippen LogP contribution in [0.5, 0.6) is 0 Å². The van der Waals surface area contributed by atoms with Gasteiger partial charge < -0.3 is 0 Å². The summed E-state index contributed by atoms with van der Waals surface area (Å²) in [5.74, 6) is -1.83. The maximum Gasteiger partial charge on any atom is 0.166 e. The topological polar surface area (TPSA) is 36.7 Å². The second-order valence-corrected chi connectivity index (χ2v) is 3.14.